The third-order valence-corrected chi connectivity index (χ3v) is 5.16. The van der Waals surface area contributed by atoms with Gasteiger partial charge in [-0.3, -0.25) is 0 Å². The number of thiophene rings is 1. The molecule has 0 saturated carbocycles. The van der Waals surface area contributed by atoms with Gasteiger partial charge in [-0.1, -0.05) is 80.7 Å². The van der Waals surface area contributed by atoms with Gasteiger partial charge in [0.1, 0.15) is 0 Å². The lowest BCUT2D eigenvalue weighted by molar-refractivity contribution is 0.590. The van der Waals surface area contributed by atoms with E-state index in [0.717, 1.165) is 11.3 Å². The third kappa shape index (κ3) is 2.62. The highest BCUT2D eigenvalue weighted by Crippen LogP contribution is 2.39. The van der Waals surface area contributed by atoms with E-state index < -0.39 is 29.6 Å². The quantitative estimate of drug-likeness (QED) is 0.326. The lowest BCUT2D eigenvalue weighted by Gasteiger charge is -2.19. The maximum Gasteiger partial charge on any atom is 0.0644 e. The monoisotopic (exact) mass is 360 g/mol. The molecule has 0 saturated heterocycles. The zero-order valence-electron chi connectivity index (χ0n) is 23.3. The van der Waals surface area contributed by atoms with Crippen molar-refractivity contribution in [1.29, 1.82) is 0 Å². The average Bonchev–Trinajstić information content (AvgIpc) is 3.16. The second-order valence-corrected chi connectivity index (χ2v) is 7.85. The van der Waals surface area contributed by atoms with E-state index in [1.165, 1.54) is 0 Å². The van der Waals surface area contributed by atoms with Gasteiger partial charge in [-0.15, -0.1) is 11.3 Å². The first-order chi connectivity index (χ1) is 15.6. The zero-order chi connectivity index (χ0) is 25.6. The van der Waals surface area contributed by atoms with Gasteiger partial charge in [-0.25, -0.2) is 0 Å². The molecule has 0 fully saturated rings. The molecule has 2 heteroatoms. The molecule has 0 nitrogen and oxygen atoms in total. The van der Waals surface area contributed by atoms with Crippen LogP contribution < -0.4 is 0 Å². The van der Waals surface area contributed by atoms with Gasteiger partial charge in [-0.2, -0.15) is 0 Å². The Bertz CT molecular complexity index is 1520. The number of hydrogen-bond acceptors (Lipinski definition) is 1. The first kappa shape index (κ1) is 8.03. The Morgan fingerprint density at radius 3 is 2.29 bits per heavy atom. The first-order valence-corrected chi connectivity index (χ1v) is 8.54. The van der Waals surface area contributed by atoms with Crippen LogP contribution in [0.2, 0.25) is 5.02 Å². The molecular weight excluding hydrogens is 332 g/mol. The normalized spacial score (nSPS) is 18.0. The summed E-state index contributed by atoms with van der Waals surface area (Å²) in [7, 11) is 0. The number of halogens is 1. The van der Waals surface area contributed by atoms with E-state index in [1.54, 1.807) is 20.8 Å². The van der Waals surface area contributed by atoms with E-state index in [1.807, 2.05) is 0 Å². The molecule has 0 aliphatic carbocycles. The molecule has 4 rings (SSSR count). The van der Waals surface area contributed by atoms with Crippen LogP contribution in [-0.4, -0.2) is 0 Å². The fourth-order valence-electron chi connectivity index (χ4n) is 2.32. The summed E-state index contributed by atoms with van der Waals surface area (Å²) in [4.78, 5) is 0. The lowest BCUT2D eigenvalue weighted by atomic mass is 9.86. The minimum Gasteiger partial charge on any atom is -0.134 e. The summed E-state index contributed by atoms with van der Waals surface area (Å²) in [6, 6.07) is -3.53. The maximum absolute atomic E-state index is 8.83. The lowest BCUT2D eigenvalue weighted by Crippen LogP contribution is -2.10. The topological polar surface area (TPSA) is 0 Å². The van der Waals surface area contributed by atoms with Crippen molar-refractivity contribution in [3.63, 3.8) is 0 Å². The van der Waals surface area contributed by atoms with E-state index in [2.05, 4.69) is 0 Å². The van der Waals surface area contributed by atoms with Crippen LogP contribution in [0, 0.1) is 0 Å². The Morgan fingerprint density at radius 2 is 1.58 bits per heavy atom. The Morgan fingerprint density at radius 1 is 0.875 bits per heavy atom. The molecule has 0 N–H and O–H groups in total. The fraction of sp³-hybridized carbons (Fsp3) is 0.182. The van der Waals surface area contributed by atoms with Gasteiger partial charge < -0.3 is 0 Å². The number of rotatable bonds is 1. The minimum atomic E-state index is -0.675. The van der Waals surface area contributed by atoms with Crippen molar-refractivity contribution in [2.75, 3.05) is 0 Å². The van der Waals surface area contributed by atoms with Gasteiger partial charge in [0.25, 0.3) is 0 Å². The van der Waals surface area contributed by atoms with Crippen molar-refractivity contribution >= 4 is 43.1 Å². The van der Waals surface area contributed by atoms with E-state index in [4.69, 9.17) is 25.3 Å². The number of benzene rings is 3. The highest BCUT2D eigenvalue weighted by molar-refractivity contribution is 7.26. The second-order valence-electron chi connectivity index (χ2n) is 6.45. The van der Waals surface area contributed by atoms with E-state index in [9.17, 15) is 0 Å². The van der Waals surface area contributed by atoms with Crippen LogP contribution in [0.4, 0.5) is 0 Å². The van der Waals surface area contributed by atoms with Crippen LogP contribution >= 0.6 is 22.9 Å². The zero-order valence-corrected chi connectivity index (χ0v) is 14.9. The standard InChI is InChI=1S/C22H19ClS/c1-22(2,3)16-10-7-14(8-11-16)15-9-12-17-18-5-4-6-19(23)21(18)24-20(17)13-15/h4-13H,1-3H3/i4D,5D,6D,7D,8D,9D,10D,11D,12D,13D. The van der Waals surface area contributed by atoms with Crippen molar-refractivity contribution in [3.05, 3.63) is 71.0 Å². The molecule has 0 aliphatic rings. The smallest absolute Gasteiger partial charge is 0.0644 e. The molecule has 0 spiro atoms. The van der Waals surface area contributed by atoms with Gasteiger partial charge in [-0.05, 0) is 34.2 Å². The fourth-order valence-corrected chi connectivity index (χ4v) is 3.59. The summed E-state index contributed by atoms with van der Waals surface area (Å²) in [5.74, 6) is 0. The van der Waals surface area contributed by atoms with Gasteiger partial charge in [0, 0.05) is 15.5 Å². The molecule has 120 valence electrons. The van der Waals surface area contributed by atoms with Crippen LogP contribution in [0.5, 0.6) is 0 Å². The molecule has 0 radical (unpaired) electrons. The van der Waals surface area contributed by atoms with Crippen molar-refractivity contribution in [2.24, 2.45) is 0 Å². The summed E-state index contributed by atoms with van der Waals surface area (Å²) >= 11 is 7.22. The average molecular weight is 361 g/mol. The Hall–Kier alpha value is -1.83. The van der Waals surface area contributed by atoms with Crippen LogP contribution in [-0.2, 0) is 5.41 Å². The largest absolute Gasteiger partial charge is 0.134 e. The van der Waals surface area contributed by atoms with Gasteiger partial charge in [0.05, 0.1) is 23.4 Å². The SMILES string of the molecule is [2H]c1c([2H])c(C(C)(C)C)c([2H])c([2H])c1-c1c([2H])c([2H])c2c(sc3c(Cl)c([2H])c([2H])c([2H])c32)c1[2H]. The molecule has 0 amide bonds. The van der Waals surface area contributed by atoms with Crippen LogP contribution in [0.25, 0.3) is 31.3 Å². The van der Waals surface area contributed by atoms with Crippen molar-refractivity contribution in [2.45, 2.75) is 26.2 Å². The number of hydrogen-bond donors (Lipinski definition) is 0. The van der Waals surface area contributed by atoms with E-state index in [-0.39, 0.29) is 78.1 Å². The molecule has 4 aromatic rings. The summed E-state index contributed by atoms with van der Waals surface area (Å²) < 4.78 is 85.0. The molecular formula is C22H19ClS. The van der Waals surface area contributed by atoms with Crippen molar-refractivity contribution in [3.8, 4) is 11.1 Å². The molecule has 0 aliphatic heterocycles. The molecule has 24 heavy (non-hydrogen) atoms. The van der Waals surface area contributed by atoms with Crippen molar-refractivity contribution in [1.82, 2.24) is 0 Å². The van der Waals surface area contributed by atoms with Crippen LogP contribution in [0.1, 0.15) is 40.0 Å². The summed E-state index contributed by atoms with van der Waals surface area (Å²) in [6.07, 6.45) is 0. The van der Waals surface area contributed by atoms with E-state index in [0.29, 0.717) is 0 Å². The summed E-state index contributed by atoms with van der Waals surface area (Å²) in [5, 5.41) is 0.121. The highest BCUT2D eigenvalue weighted by atomic mass is 35.5. The Balaban J connectivity index is 2.22. The van der Waals surface area contributed by atoms with Gasteiger partial charge in [0.2, 0.25) is 0 Å². The summed E-state index contributed by atoms with van der Waals surface area (Å²) in [6.45, 7) is 5.33. The molecule has 3 aromatic carbocycles. The van der Waals surface area contributed by atoms with Gasteiger partial charge >= 0.3 is 0 Å². The predicted molar refractivity (Wildman–Crippen MR) is 108 cm³/mol. The van der Waals surface area contributed by atoms with E-state index >= 15 is 0 Å². The molecule has 1 aromatic heterocycles. The summed E-state index contributed by atoms with van der Waals surface area (Å²) in [5.41, 5.74) is -0.896. The second kappa shape index (κ2) is 5.61. The van der Waals surface area contributed by atoms with Crippen LogP contribution in [0.15, 0.2) is 60.4 Å². The number of fused-ring (bicyclic) bond motifs is 3. The predicted octanol–water partition coefficient (Wildman–Crippen LogP) is 7.67. The molecule has 0 bridgehead atoms. The van der Waals surface area contributed by atoms with Crippen LogP contribution in [0.3, 0.4) is 0 Å². The minimum absolute atomic E-state index is 0.0807. The first-order valence-electron chi connectivity index (χ1n) is 12.3. The highest BCUT2D eigenvalue weighted by Gasteiger charge is 2.13. The molecule has 1 heterocycles. The maximum atomic E-state index is 8.83. The third-order valence-electron chi connectivity index (χ3n) is 3.64. The van der Waals surface area contributed by atoms with Gasteiger partial charge in [0.15, 0.2) is 0 Å². The Labute approximate surface area is 165 Å². The molecule has 0 atom stereocenters. The Kier molecular flexibility index (Phi) is 1.88. The van der Waals surface area contributed by atoms with Crippen molar-refractivity contribution < 1.29 is 13.7 Å². The molecule has 0 unspecified atom stereocenters.